The first-order valence-corrected chi connectivity index (χ1v) is 8.47. The Morgan fingerprint density at radius 1 is 1.12 bits per heavy atom. The van der Waals surface area contributed by atoms with Crippen molar-refractivity contribution in [3.63, 3.8) is 0 Å². The normalized spacial score (nSPS) is 16.9. The molecule has 0 fully saturated rings. The van der Waals surface area contributed by atoms with Crippen LogP contribution in [-0.2, 0) is 0 Å². The summed E-state index contributed by atoms with van der Waals surface area (Å²) in [5.74, 6) is 0.172. The van der Waals surface area contributed by atoms with Crippen molar-refractivity contribution in [3.05, 3.63) is 65.5 Å². The van der Waals surface area contributed by atoms with Crippen LogP contribution >= 0.6 is 11.8 Å². The van der Waals surface area contributed by atoms with E-state index in [2.05, 4.69) is 10.1 Å². The van der Waals surface area contributed by atoms with E-state index in [9.17, 15) is 9.18 Å². The van der Waals surface area contributed by atoms with E-state index < -0.39 is 0 Å². The Balaban J connectivity index is 1.66. The highest BCUT2D eigenvalue weighted by Gasteiger charge is 2.30. The molecule has 6 heteroatoms. The zero-order valence-corrected chi connectivity index (χ0v) is 13.8. The standard InChI is InChI=1S/C18H14FN3OS/c1-11-2-4-13(5-3-11)17-20-18-22(21-17)16(23)10-15(24-18)12-6-8-14(19)9-7-12/h2-9,15H,10H2,1H3/t15-/m1/s1. The average molecular weight is 339 g/mol. The van der Waals surface area contributed by atoms with Gasteiger partial charge in [0.15, 0.2) is 11.0 Å². The van der Waals surface area contributed by atoms with Gasteiger partial charge in [-0.15, -0.1) is 5.10 Å². The van der Waals surface area contributed by atoms with E-state index in [0.717, 1.165) is 16.7 Å². The van der Waals surface area contributed by atoms with Crippen molar-refractivity contribution in [1.82, 2.24) is 14.8 Å². The SMILES string of the molecule is Cc1ccc(-c2nc3n(n2)C(=O)C[C@H](c2ccc(F)cc2)S3)cc1. The molecule has 2 heterocycles. The molecule has 0 amide bonds. The summed E-state index contributed by atoms with van der Waals surface area (Å²) in [5, 5.41) is 4.86. The molecule has 3 aromatic rings. The minimum atomic E-state index is -0.282. The van der Waals surface area contributed by atoms with E-state index in [1.165, 1.54) is 28.6 Å². The van der Waals surface area contributed by atoms with Crippen LogP contribution in [0.4, 0.5) is 4.39 Å². The van der Waals surface area contributed by atoms with E-state index in [0.29, 0.717) is 17.4 Å². The summed E-state index contributed by atoms with van der Waals surface area (Å²) < 4.78 is 14.5. The van der Waals surface area contributed by atoms with Gasteiger partial charge >= 0.3 is 0 Å². The Labute approximate surface area is 142 Å². The molecule has 0 saturated carbocycles. The molecule has 0 spiro atoms. The minimum absolute atomic E-state index is 0.0688. The van der Waals surface area contributed by atoms with Crippen LogP contribution in [0.25, 0.3) is 11.4 Å². The zero-order chi connectivity index (χ0) is 16.7. The topological polar surface area (TPSA) is 47.8 Å². The highest BCUT2D eigenvalue weighted by atomic mass is 32.2. The molecule has 4 rings (SSSR count). The predicted octanol–water partition coefficient (Wildman–Crippen LogP) is 4.27. The lowest BCUT2D eigenvalue weighted by Gasteiger charge is -2.20. The van der Waals surface area contributed by atoms with E-state index in [1.54, 1.807) is 12.1 Å². The van der Waals surface area contributed by atoms with Crippen LogP contribution in [0.2, 0.25) is 0 Å². The Hall–Kier alpha value is -2.47. The lowest BCUT2D eigenvalue weighted by molar-refractivity contribution is 0.0868. The maximum atomic E-state index is 13.1. The molecule has 4 nitrogen and oxygen atoms in total. The van der Waals surface area contributed by atoms with Crippen LogP contribution in [-0.4, -0.2) is 20.7 Å². The van der Waals surface area contributed by atoms with Crippen LogP contribution in [0, 0.1) is 12.7 Å². The number of carbonyl (C=O) groups is 1. The predicted molar refractivity (Wildman–Crippen MR) is 90.4 cm³/mol. The molecule has 0 unspecified atom stereocenters. The molecular weight excluding hydrogens is 325 g/mol. The van der Waals surface area contributed by atoms with E-state index in [1.807, 2.05) is 31.2 Å². The van der Waals surface area contributed by atoms with Gasteiger partial charge in [0.2, 0.25) is 0 Å². The maximum absolute atomic E-state index is 13.1. The molecule has 0 bridgehead atoms. The second-order valence-electron chi connectivity index (χ2n) is 5.75. The van der Waals surface area contributed by atoms with Crippen molar-refractivity contribution in [2.24, 2.45) is 0 Å². The summed E-state index contributed by atoms with van der Waals surface area (Å²) in [7, 11) is 0. The second-order valence-corrected chi connectivity index (χ2v) is 6.92. The molecule has 2 aromatic carbocycles. The lowest BCUT2D eigenvalue weighted by Crippen LogP contribution is -2.20. The van der Waals surface area contributed by atoms with Gasteiger partial charge in [-0.3, -0.25) is 4.79 Å². The van der Waals surface area contributed by atoms with Crippen molar-refractivity contribution in [1.29, 1.82) is 0 Å². The van der Waals surface area contributed by atoms with Crippen LogP contribution in [0.1, 0.15) is 27.6 Å². The number of hydrogen-bond acceptors (Lipinski definition) is 4. The molecule has 1 aliphatic heterocycles. The first kappa shape index (κ1) is 15.1. The van der Waals surface area contributed by atoms with Crippen molar-refractivity contribution in [2.75, 3.05) is 0 Å². The molecule has 0 N–H and O–H groups in total. The fourth-order valence-electron chi connectivity index (χ4n) is 2.64. The lowest BCUT2D eigenvalue weighted by atomic mass is 10.1. The van der Waals surface area contributed by atoms with E-state index >= 15 is 0 Å². The van der Waals surface area contributed by atoms with Crippen molar-refractivity contribution in [2.45, 2.75) is 23.8 Å². The van der Waals surface area contributed by atoms with Crippen LogP contribution in [0.3, 0.4) is 0 Å². The number of hydrogen-bond donors (Lipinski definition) is 0. The molecule has 1 atom stereocenters. The van der Waals surface area contributed by atoms with Gasteiger partial charge in [0, 0.05) is 17.2 Å². The smallest absolute Gasteiger partial charge is 0.250 e. The fourth-order valence-corrected chi connectivity index (χ4v) is 3.79. The number of aromatic nitrogens is 3. The third kappa shape index (κ3) is 2.73. The number of rotatable bonds is 2. The number of thioether (sulfide) groups is 1. The van der Waals surface area contributed by atoms with Gasteiger partial charge in [-0.2, -0.15) is 4.68 Å². The van der Waals surface area contributed by atoms with Gasteiger partial charge in [-0.05, 0) is 24.6 Å². The first-order valence-electron chi connectivity index (χ1n) is 7.59. The number of nitrogens with zero attached hydrogens (tertiary/aromatic N) is 3. The maximum Gasteiger partial charge on any atom is 0.250 e. The van der Waals surface area contributed by atoms with Gasteiger partial charge in [0.05, 0.1) is 0 Å². The Morgan fingerprint density at radius 3 is 2.54 bits per heavy atom. The molecule has 1 aliphatic rings. The summed E-state index contributed by atoms with van der Waals surface area (Å²) >= 11 is 1.48. The van der Waals surface area contributed by atoms with E-state index in [4.69, 9.17) is 0 Å². The van der Waals surface area contributed by atoms with Crippen molar-refractivity contribution in [3.8, 4) is 11.4 Å². The average Bonchev–Trinajstić information content (AvgIpc) is 3.01. The monoisotopic (exact) mass is 339 g/mol. The highest BCUT2D eigenvalue weighted by molar-refractivity contribution is 7.99. The summed E-state index contributed by atoms with van der Waals surface area (Å²) in [4.78, 5) is 16.9. The highest BCUT2D eigenvalue weighted by Crippen LogP contribution is 2.41. The zero-order valence-electron chi connectivity index (χ0n) is 12.9. The Kier molecular flexibility index (Phi) is 3.69. The minimum Gasteiger partial charge on any atom is -0.272 e. The number of benzene rings is 2. The molecule has 1 aromatic heterocycles. The summed E-state index contributed by atoms with van der Waals surface area (Å²) in [6.45, 7) is 2.02. The third-order valence-corrected chi connectivity index (χ3v) is 5.17. The molecular formula is C18H14FN3OS. The molecule has 0 aliphatic carbocycles. The number of aryl methyl sites for hydroxylation is 1. The first-order chi connectivity index (χ1) is 11.6. The summed E-state index contributed by atoms with van der Waals surface area (Å²) in [6, 6.07) is 14.1. The third-order valence-electron chi connectivity index (χ3n) is 3.97. The number of halogens is 1. The summed E-state index contributed by atoms with van der Waals surface area (Å²) in [5.41, 5.74) is 2.96. The Bertz CT molecular complexity index is 903. The molecule has 0 saturated heterocycles. The molecule has 0 radical (unpaired) electrons. The largest absolute Gasteiger partial charge is 0.272 e. The van der Waals surface area contributed by atoms with E-state index in [-0.39, 0.29) is 17.0 Å². The van der Waals surface area contributed by atoms with Crippen molar-refractivity contribution >= 4 is 17.7 Å². The van der Waals surface area contributed by atoms with Gasteiger partial charge in [0.1, 0.15) is 5.82 Å². The van der Waals surface area contributed by atoms with Crippen molar-refractivity contribution < 1.29 is 9.18 Å². The van der Waals surface area contributed by atoms with Crippen LogP contribution in [0.5, 0.6) is 0 Å². The fraction of sp³-hybridized carbons (Fsp3) is 0.167. The van der Waals surface area contributed by atoms with Crippen LogP contribution in [0.15, 0.2) is 53.7 Å². The van der Waals surface area contributed by atoms with Crippen LogP contribution < -0.4 is 0 Å². The quantitative estimate of drug-likeness (QED) is 0.699. The number of carbonyl (C=O) groups excluding carboxylic acids is 1. The van der Waals surface area contributed by atoms with Gasteiger partial charge in [-0.1, -0.05) is 53.7 Å². The van der Waals surface area contributed by atoms with Gasteiger partial charge in [0.25, 0.3) is 5.91 Å². The van der Waals surface area contributed by atoms with Gasteiger partial charge < -0.3 is 0 Å². The number of fused-ring (bicyclic) bond motifs is 1. The summed E-state index contributed by atoms with van der Waals surface area (Å²) in [6.07, 6.45) is 0.319. The van der Waals surface area contributed by atoms with Gasteiger partial charge in [-0.25, -0.2) is 9.37 Å². The molecule has 120 valence electrons. The Morgan fingerprint density at radius 2 is 1.83 bits per heavy atom. The second kappa shape index (κ2) is 5.87. The molecule has 24 heavy (non-hydrogen) atoms.